The molecular weight excluding hydrogens is 346 g/mol. The summed E-state index contributed by atoms with van der Waals surface area (Å²) < 4.78 is 11.0. The number of benzene rings is 1. The van der Waals surface area contributed by atoms with Gasteiger partial charge in [-0.2, -0.15) is 0 Å². The maximum atomic E-state index is 5.52. The molecule has 1 unspecified atom stereocenters. The van der Waals surface area contributed by atoms with Gasteiger partial charge in [-0.3, -0.25) is 0 Å². The van der Waals surface area contributed by atoms with Crippen molar-refractivity contribution in [2.24, 2.45) is 0 Å². The van der Waals surface area contributed by atoms with Crippen LogP contribution in [0.25, 0.3) is 10.2 Å². The van der Waals surface area contributed by atoms with Crippen LogP contribution in [0.5, 0.6) is 11.5 Å². The Morgan fingerprint density at radius 1 is 1.12 bits per heavy atom. The fourth-order valence-corrected chi connectivity index (χ4v) is 4.81. The maximum Gasteiger partial charge on any atom is 0.161 e. The monoisotopic (exact) mass is 369 g/mol. The topological polar surface area (TPSA) is 47.5 Å². The molecular formula is C20H23N3O2S. The number of fused-ring (bicyclic) bond motifs is 2. The molecule has 2 aromatic heterocycles. The number of thiophene rings is 1. The summed E-state index contributed by atoms with van der Waals surface area (Å²) in [6.07, 6.45) is 2.64. The number of nitrogens with zero attached hydrogens (tertiary/aromatic N) is 3. The average Bonchev–Trinajstić information content (AvgIpc) is 2.95. The molecule has 1 aliphatic rings. The molecule has 0 bridgehead atoms. The zero-order chi connectivity index (χ0) is 18.4. The first kappa shape index (κ1) is 17.1. The van der Waals surface area contributed by atoms with Crippen LogP contribution in [0.15, 0.2) is 18.5 Å². The van der Waals surface area contributed by atoms with E-state index in [1.807, 2.05) is 0 Å². The van der Waals surface area contributed by atoms with Crippen LogP contribution in [0.4, 0.5) is 5.82 Å². The molecule has 0 fully saturated rings. The number of methoxy groups -OCH3 is 2. The van der Waals surface area contributed by atoms with E-state index in [0.717, 1.165) is 35.1 Å². The molecule has 3 heterocycles. The van der Waals surface area contributed by atoms with Gasteiger partial charge in [-0.25, -0.2) is 9.97 Å². The standard InChI is InChI=1S/C20H23N3O2S/c1-11-13(3)26-20-18(11)19(21-10-22-20)23-7-6-14-8-16(24-4)17(25-5)9-15(14)12(23)2/h8-10,12H,6-7H2,1-5H3. The van der Waals surface area contributed by atoms with Crippen molar-refractivity contribution in [2.45, 2.75) is 33.2 Å². The van der Waals surface area contributed by atoms with Crippen LogP contribution in [0.3, 0.4) is 0 Å². The molecule has 136 valence electrons. The molecule has 0 saturated heterocycles. The number of rotatable bonds is 3. The smallest absolute Gasteiger partial charge is 0.161 e. The summed E-state index contributed by atoms with van der Waals surface area (Å²) in [7, 11) is 3.36. The number of aryl methyl sites for hydroxylation is 2. The van der Waals surface area contributed by atoms with Crippen LogP contribution < -0.4 is 14.4 Å². The Labute approximate surface area is 157 Å². The van der Waals surface area contributed by atoms with Gasteiger partial charge in [-0.1, -0.05) is 0 Å². The van der Waals surface area contributed by atoms with Crippen LogP contribution in [-0.2, 0) is 6.42 Å². The van der Waals surface area contributed by atoms with E-state index in [0.29, 0.717) is 0 Å². The molecule has 1 aromatic carbocycles. The average molecular weight is 369 g/mol. The van der Waals surface area contributed by atoms with Gasteiger partial charge in [-0.05, 0) is 56.0 Å². The molecule has 5 nitrogen and oxygen atoms in total. The summed E-state index contributed by atoms with van der Waals surface area (Å²) in [4.78, 5) is 13.9. The van der Waals surface area contributed by atoms with E-state index in [1.165, 1.54) is 27.0 Å². The highest BCUT2D eigenvalue weighted by Gasteiger charge is 2.29. The van der Waals surface area contributed by atoms with Gasteiger partial charge in [0.05, 0.1) is 25.6 Å². The number of hydrogen-bond donors (Lipinski definition) is 0. The normalized spacial score (nSPS) is 16.7. The molecule has 4 rings (SSSR count). The second kappa shape index (κ2) is 6.43. The first-order chi connectivity index (χ1) is 12.5. The Hall–Kier alpha value is -2.34. The van der Waals surface area contributed by atoms with Crippen LogP contribution in [0, 0.1) is 13.8 Å². The van der Waals surface area contributed by atoms with Crippen LogP contribution >= 0.6 is 11.3 Å². The summed E-state index contributed by atoms with van der Waals surface area (Å²) in [5, 5.41) is 1.19. The van der Waals surface area contributed by atoms with Gasteiger partial charge >= 0.3 is 0 Å². The van der Waals surface area contributed by atoms with E-state index in [4.69, 9.17) is 9.47 Å². The zero-order valence-electron chi connectivity index (χ0n) is 15.8. The second-order valence-electron chi connectivity index (χ2n) is 6.69. The number of ether oxygens (including phenoxy) is 2. The van der Waals surface area contributed by atoms with Crippen LogP contribution in [0.1, 0.15) is 34.5 Å². The number of anilines is 1. The maximum absolute atomic E-state index is 5.52. The highest BCUT2D eigenvalue weighted by Crippen LogP contribution is 2.42. The van der Waals surface area contributed by atoms with Crippen molar-refractivity contribution >= 4 is 27.4 Å². The van der Waals surface area contributed by atoms with Crippen molar-refractivity contribution in [2.75, 3.05) is 25.7 Å². The minimum absolute atomic E-state index is 0.205. The third kappa shape index (κ3) is 2.51. The lowest BCUT2D eigenvalue weighted by molar-refractivity contribution is 0.353. The molecule has 1 aliphatic heterocycles. The minimum atomic E-state index is 0.205. The third-order valence-corrected chi connectivity index (χ3v) is 6.52. The lowest BCUT2D eigenvalue weighted by atomic mass is 9.92. The highest BCUT2D eigenvalue weighted by atomic mass is 32.1. The summed E-state index contributed by atoms with van der Waals surface area (Å²) in [6, 6.07) is 4.42. The molecule has 0 radical (unpaired) electrons. The Balaban J connectivity index is 1.82. The Kier molecular flexibility index (Phi) is 4.23. The second-order valence-corrected chi connectivity index (χ2v) is 7.89. The first-order valence-electron chi connectivity index (χ1n) is 8.77. The predicted octanol–water partition coefficient (Wildman–Crippen LogP) is 4.45. The van der Waals surface area contributed by atoms with Crippen LogP contribution in [0.2, 0.25) is 0 Å². The number of aromatic nitrogens is 2. The van der Waals surface area contributed by atoms with Crippen molar-refractivity contribution in [1.82, 2.24) is 9.97 Å². The van der Waals surface area contributed by atoms with Crippen molar-refractivity contribution in [3.8, 4) is 11.5 Å². The lowest BCUT2D eigenvalue weighted by Crippen LogP contribution is -2.34. The highest BCUT2D eigenvalue weighted by molar-refractivity contribution is 7.18. The van der Waals surface area contributed by atoms with E-state index in [1.54, 1.807) is 31.9 Å². The van der Waals surface area contributed by atoms with Gasteiger partial charge < -0.3 is 14.4 Å². The Morgan fingerprint density at radius 2 is 1.85 bits per heavy atom. The molecule has 26 heavy (non-hydrogen) atoms. The lowest BCUT2D eigenvalue weighted by Gasteiger charge is -2.37. The summed E-state index contributed by atoms with van der Waals surface area (Å²) in [5.41, 5.74) is 3.87. The van der Waals surface area contributed by atoms with E-state index >= 15 is 0 Å². The quantitative estimate of drug-likeness (QED) is 0.683. The fraction of sp³-hybridized carbons (Fsp3) is 0.400. The van der Waals surface area contributed by atoms with E-state index in [-0.39, 0.29) is 6.04 Å². The van der Waals surface area contributed by atoms with Gasteiger partial charge in [0, 0.05) is 11.4 Å². The molecule has 0 aliphatic carbocycles. The fourth-order valence-electron chi connectivity index (χ4n) is 3.82. The van der Waals surface area contributed by atoms with E-state index in [9.17, 15) is 0 Å². The van der Waals surface area contributed by atoms with Crippen molar-refractivity contribution < 1.29 is 9.47 Å². The minimum Gasteiger partial charge on any atom is -0.493 e. The molecule has 3 aromatic rings. The summed E-state index contributed by atoms with van der Waals surface area (Å²) >= 11 is 1.74. The van der Waals surface area contributed by atoms with Gasteiger partial charge in [0.15, 0.2) is 11.5 Å². The van der Waals surface area contributed by atoms with E-state index in [2.05, 4.69) is 47.8 Å². The molecule has 0 amide bonds. The Morgan fingerprint density at radius 3 is 2.58 bits per heavy atom. The van der Waals surface area contributed by atoms with Crippen molar-refractivity contribution in [3.05, 3.63) is 40.0 Å². The van der Waals surface area contributed by atoms with Gasteiger partial charge in [0.25, 0.3) is 0 Å². The Bertz CT molecular complexity index is 983. The molecule has 0 saturated carbocycles. The molecule has 6 heteroatoms. The zero-order valence-corrected chi connectivity index (χ0v) is 16.6. The van der Waals surface area contributed by atoms with E-state index < -0.39 is 0 Å². The third-order valence-electron chi connectivity index (χ3n) is 5.40. The summed E-state index contributed by atoms with van der Waals surface area (Å²) in [6.45, 7) is 7.46. The molecule has 1 atom stereocenters. The van der Waals surface area contributed by atoms with Gasteiger partial charge in [0.2, 0.25) is 0 Å². The SMILES string of the molecule is COc1cc2c(cc1OC)C(C)N(c1ncnc3sc(C)c(C)c13)CC2. The summed E-state index contributed by atoms with van der Waals surface area (Å²) in [5.74, 6) is 2.60. The van der Waals surface area contributed by atoms with Crippen LogP contribution in [-0.4, -0.2) is 30.7 Å². The predicted molar refractivity (Wildman–Crippen MR) is 106 cm³/mol. The largest absolute Gasteiger partial charge is 0.493 e. The first-order valence-corrected chi connectivity index (χ1v) is 9.59. The van der Waals surface area contributed by atoms with Gasteiger partial charge in [-0.15, -0.1) is 11.3 Å². The number of hydrogen-bond acceptors (Lipinski definition) is 6. The molecule has 0 N–H and O–H groups in total. The van der Waals surface area contributed by atoms with Gasteiger partial charge in [0.1, 0.15) is 17.0 Å². The molecule has 0 spiro atoms. The van der Waals surface area contributed by atoms with Crippen molar-refractivity contribution in [1.29, 1.82) is 0 Å². The van der Waals surface area contributed by atoms with Crippen molar-refractivity contribution in [3.63, 3.8) is 0 Å².